The van der Waals surface area contributed by atoms with Gasteiger partial charge in [-0.1, -0.05) is 12.2 Å². The molecule has 35 valence electrons. The molecular weight excluding hydrogens is 78.0 g/mol. The Morgan fingerprint density at radius 3 is 2.33 bits per heavy atom. The first-order valence-corrected chi connectivity index (χ1v) is 1.85. The Kier molecular flexibility index (Phi) is 4.40. The van der Waals surface area contributed by atoms with Crippen molar-refractivity contribution in [3.8, 4) is 0 Å². The van der Waals surface area contributed by atoms with Crippen LogP contribution < -0.4 is 5.73 Å². The van der Waals surface area contributed by atoms with Crippen molar-refractivity contribution >= 4 is 0 Å². The predicted octanol–water partition coefficient (Wildman–Crippen LogP) is -0.0682. The summed E-state index contributed by atoms with van der Waals surface area (Å²) >= 11 is 0. The highest BCUT2D eigenvalue weighted by Gasteiger charge is 1.62. The molecule has 0 saturated heterocycles. The summed E-state index contributed by atoms with van der Waals surface area (Å²) < 4.78 is 0. The van der Waals surface area contributed by atoms with Crippen LogP contribution in [-0.2, 0) is 5.11 Å². The van der Waals surface area contributed by atoms with Gasteiger partial charge in [0.15, 0.2) is 0 Å². The molecule has 0 spiro atoms. The molecule has 0 rings (SSSR count). The molecule has 0 aliphatic carbocycles. The van der Waals surface area contributed by atoms with E-state index < -0.39 is 0 Å². The highest BCUT2D eigenvalue weighted by atomic mass is 16.2. The second kappa shape index (κ2) is 4.66. The second-order valence-electron chi connectivity index (χ2n) is 0.874. The van der Waals surface area contributed by atoms with E-state index >= 15 is 0 Å². The second-order valence-corrected chi connectivity index (χ2v) is 0.874. The van der Waals surface area contributed by atoms with Crippen LogP contribution in [0.1, 0.15) is 0 Å². The maximum Gasteiger partial charge on any atom is 0.100 e. The lowest BCUT2D eigenvalue weighted by Gasteiger charge is -1.71. The number of hydrogen-bond donors (Lipinski definition) is 1. The lowest BCUT2D eigenvalue weighted by Crippen LogP contribution is -1.92. The van der Waals surface area contributed by atoms with Gasteiger partial charge >= 0.3 is 0 Å². The van der Waals surface area contributed by atoms with Crippen molar-refractivity contribution in [2.75, 3.05) is 13.2 Å². The molecule has 0 aromatic rings. The maximum atomic E-state index is 9.55. The summed E-state index contributed by atoms with van der Waals surface area (Å²) in [6.07, 6.45) is 3.15. The molecule has 0 aromatic carbocycles. The molecule has 0 bridgehead atoms. The molecule has 6 heavy (non-hydrogen) atoms. The van der Waals surface area contributed by atoms with Gasteiger partial charge in [-0.25, -0.2) is 5.11 Å². The normalized spacial score (nSPS) is 10.3. The Bertz CT molecular complexity index is 36.8. The molecule has 0 aliphatic rings. The lowest BCUT2D eigenvalue weighted by molar-refractivity contribution is 0.232. The molecule has 0 aliphatic heterocycles. The first kappa shape index (κ1) is 5.66. The molecule has 0 atom stereocenters. The third-order valence-electron chi connectivity index (χ3n) is 0.399. The van der Waals surface area contributed by atoms with Crippen LogP contribution in [0.15, 0.2) is 12.2 Å². The zero-order valence-corrected chi connectivity index (χ0v) is 3.55. The molecule has 0 unspecified atom stereocenters. The fourth-order valence-corrected chi connectivity index (χ4v) is 0.164. The fourth-order valence-electron chi connectivity index (χ4n) is 0.164. The number of nitrogens with two attached hydrogens (primary N) is 1. The molecule has 0 amide bonds. The number of hydrogen-bond acceptors (Lipinski definition) is 1. The summed E-state index contributed by atoms with van der Waals surface area (Å²) in [5.41, 5.74) is 4.99. The van der Waals surface area contributed by atoms with E-state index in [1.807, 2.05) is 0 Å². The van der Waals surface area contributed by atoms with Gasteiger partial charge in [-0.05, 0) is 0 Å². The van der Waals surface area contributed by atoms with Gasteiger partial charge in [0, 0.05) is 6.54 Å². The minimum atomic E-state index is -0.156. The monoisotopic (exact) mass is 86.1 g/mol. The quantitative estimate of drug-likeness (QED) is 0.470. The third kappa shape index (κ3) is 3.66. The van der Waals surface area contributed by atoms with Crippen molar-refractivity contribution in [1.29, 1.82) is 0 Å². The average Bonchev–Trinajstić information content (AvgIpc) is 1.61. The van der Waals surface area contributed by atoms with E-state index in [2.05, 4.69) is 0 Å². The summed E-state index contributed by atoms with van der Waals surface area (Å²) in [6.45, 7) is 0.319. The molecule has 0 fully saturated rings. The minimum Gasteiger partial charge on any atom is -0.327 e. The van der Waals surface area contributed by atoms with Gasteiger partial charge in [0.2, 0.25) is 0 Å². The zero-order valence-electron chi connectivity index (χ0n) is 3.55. The summed E-state index contributed by atoms with van der Waals surface area (Å²) in [7, 11) is 0. The van der Waals surface area contributed by atoms with Crippen molar-refractivity contribution in [2.45, 2.75) is 0 Å². The summed E-state index contributed by atoms with van der Waals surface area (Å²) in [5.74, 6) is 0. The standard InChI is InChI=1S/C4H8NO/c5-3-1-2-4-6/h1-2H,3-5H2/b2-1+. The van der Waals surface area contributed by atoms with E-state index in [-0.39, 0.29) is 6.61 Å². The van der Waals surface area contributed by atoms with Crippen LogP contribution in [0.25, 0.3) is 0 Å². The van der Waals surface area contributed by atoms with Gasteiger partial charge in [0.05, 0.1) is 0 Å². The highest BCUT2D eigenvalue weighted by molar-refractivity contribution is 4.80. The van der Waals surface area contributed by atoms with E-state index in [1.54, 1.807) is 6.08 Å². The van der Waals surface area contributed by atoms with Crippen LogP contribution in [0, 0.1) is 0 Å². The van der Waals surface area contributed by atoms with Crippen LogP contribution in [0.5, 0.6) is 0 Å². The molecule has 0 saturated carbocycles. The molecule has 0 heterocycles. The number of rotatable bonds is 2. The Morgan fingerprint density at radius 1 is 1.50 bits per heavy atom. The molecule has 2 N–H and O–H groups in total. The maximum absolute atomic E-state index is 9.55. The van der Waals surface area contributed by atoms with Crippen LogP contribution in [0.2, 0.25) is 0 Å². The zero-order chi connectivity index (χ0) is 4.83. The van der Waals surface area contributed by atoms with Crippen molar-refractivity contribution in [3.05, 3.63) is 12.2 Å². The van der Waals surface area contributed by atoms with Crippen LogP contribution >= 0.6 is 0 Å². The SMILES string of the molecule is NC/C=C/C[O]. The molecule has 2 heteroatoms. The van der Waals surface area contributed by atoms with Crippen molar-refractivity contribution in [3.63, 3.8) is 0 Å². The van der Waals surface area contributed by atoms with Gasteiger partial charge < -0.3 is 5.73 Å². The van der Waals surface area contributed by atoms with E-state index in [9.17, 15) is 5.11 Å². The highest BCUT2D eigenvalue weighted by Crippen LogP contribution is 1.62. The lowest BCUT2D eigenvalue weighted by atomic mass is 10.5. The van der Waals surface area contributed by atoms with Gasteiger partial charge in [-0.3, -0.25) is 0 Å². The minimum absolute atomic E-state index is 0.156. The predicted molar refractivity (Wildman–Crippen MR) is 23.7 cm³/mol. The average molecular weight is 86.1 g/mol. The van der Waals surface area contributed by atoms with E-state index in [0.29, 0.717) is 6.54 Å². The van der Waals surface area contributed by atoms with Crippen molar-refractivity contribution in [1.82, 2.24) is 0 Å². The Hall–Kier alpha value is -0.340. The van der Waals surface area contributed by atoms with Gasteiger partial charge in [0.25, 0.3) is 0 Å². The van der Waals surface area contributed by atoms with Crippen molar-refractivity contribution < 1.29 is 5.11 Å². The van der Waals surface area contributed by atoms with Crippen molar-refractivity contribution in [2.24, 2.45) is 5.73 Å². The Balaban J connectivity index is 2.73. The summed E-state index contributed by atoms with van der Waals surface area (Å²) in [6, 6.07) is 0. The third-order valence-corrected chi connectivity index (χ3v) is 0.399. The van der Waals surface area contributed by atoms with Crippen LogP contribution in [0.3, 0.4) is 0 Å². The molecule has 0 aromatic heterocycles. The first-order valence-electron chi connectivity index (χ1n) is 1.85. The Labute approximate surface area is 37.3 Å². The van der Waals surface area contributed by atoms with Gasteiger partial charge in [0.1, 0.15) is 6.61 Å². The molecular formula is C4H8NO. The van der Waals surface area contributed by atoms with Gasteiger partial charge in [-0.15, -0.1) is 0 Å². The van der Waals surface area contributed by atoms with Crippen LogP contribution in [0.4, 0.5) is 0 Å². The van der Waals surface area contributed by atoms with Gasteiger partial charge in [-0.2, -0.15) is 0 Å². The molecule has 1 radical (unpaired) electrons. The van der Waals surface area contributed by atoms with E-state index in [4.69, 9.17) is 5.73 Å². The topological polar surface area (TPSA) is 45.9 Å². The fraction of sp³-hybridized carbons (Fsp3) is 0.500. The van der Waals surface area contributed by atoms with E-state index in [1.165, 1.54) is 6.08 Å². The van der Waals surface area contributed by atoms with E-state index in [0.717, 1.165) is 0 Å². The Morgan fingerprint density at radius 2 is 2.17 bits per heavy atom. The largest absolute Gasteiger partial charge is 0.327 e. The molecule has 2 nitrogen and oxygen atoms in total. The summed E-state index contributed by atoms with van der Waals surface area (Å²) in [4.78, 5) is 0. The van der Waals surface area contributed by atoms with Crippen LogP contribution in [-0.4, -0.2) is 13.2 Å². The first-order chi connectivity index (χ1) is 2.91. The smallest absolute Gasteiger partial charge is 0.100 e. The summed E-state index contributed by atoms with van der Waals surface area (Å²) in [5, 5.41) is 9.55.